The molecule has 0 aliphatic carbocycles. The van der Waals surface area contributed by atoms with Gasteiger partial charge in [-0.05, 0) is 54.0 Å². The molecule has 2 atom stereocenters. The SMILES string of the molecule is CC[C@H](C)[C@@H](C(=O)O)N1C(=O)/C(=C/c2cc3cc(OCc4ccc(F)cc4)ccc3nc2Cl)SC1=S. The second-order valence-corrected chi connectivity index (χ2v) is 10.4. The van der Waals surface area contributed by atoms with E-state index in [1.807, 2.05) is 6.92 Å². The third-order valence-corrected chi connectivity index (χ3v) is 7.54. The zero-order chi connectivity index (χ0) is 26.0. The average molecular weight is 545 g/mol. The maximum absolute atomic E-state index is 13.1. The molecular formula is C26H22ClFN2O4S2. The molecule has 2 heterocycles. The number of nitrogens with zero attached hydrogens (tertiary/aromatic N) is 2. The van der Waals surface area contributed by atoms with Gasteiger partial charge in [0.2, 0.25) is 0 Å². The van der Waals surface area contributed by atoms with Gasteiger partial charge in [0.25, 0.3) is 5.91 Å². The topological polar surface area (TPSA) is 79.7 Å². The van der Waals surface area contributed by atoms with Crippen LogP contribution in [0.4, 0.5) is 4.39 Å². The first kappa shape index (κ1) is 26.1. The van der Waals surface area contributed by atoms with Crippen LogP contribution >= 0.6 is 35.6 Å². The van der Waals surface area contributed by atoms with Crippen molar-refractivity contribution in [3.63, 3.8) is 0 Å². The Morgan fingerprint density at radius 2 is 2.00 bits per heavy atom. The van der Waals surface area contributed by atoms with Crippen LogP contribution in [0.3, 0.4) is 0 Å². The summed E-state index contributed by atoms with van der Waals surface area (Å²) in [6.45, 7) is 3.91. The third kappa shape index (κ3) is 5.53. The molecule has 4 rings (SSSR count). The molecule has 0 bridgehead atoms. The summed E-state index contributed by atoms with van der Waals surface area (Å²) in [5, 5.41) is 10.7. The Morgan fingerprint density at radius 3 is 2.67 bits per heavy atom. The van der Waals surface area contributed by atoms with E-state index in [4.69, 9.17) is 28.6 Å². The highest BCUT2D eigenvalue weighted by atomic mass is 35.5. The van der Waals surface area contributed by atoms with Gasteiger partial charge in [0, 0.05) is 10.9 Å². The van der Waals surface area contributed by atoms with Gasteiger partial charge < -0.3 is 9.84 Å². The molecule has 1 saturated heterocycles. The zero-order valence-corrected chi connectivity index (χ0v) is 21.8. The van der Waals surface area contributed by atoms with Gasteiger partial charge in [0.15, 0.2) is 0 Å². The van der Waals surface area contributed by atoms with Gasteiger partial charge in [-0.1, -0.05) is 68.0 Å². The van der Waals surface area contributed by atoms with E-state index in [1.165, 1.54) is 17.0 Å². The molecule has 0 saturated carbocycles. The summed E-state index contributed by atoms with van der Waals surface area (Å²) >= 11 is 12.8. The Hall–Kier alpha value is -3.01. The Morgan fingerprint density at radius 1 is 1.28 bits per heavy atom. The molecule has 0 spiro atoms. The van der Waals surface area contributed by atoms with Crippen molar-refractivity contribution in [2.75, 3.05) is 0 Å². The fourth-order valence-electron chi connectivity index (χ4n) is 3.78. The zero-order valence-electron chi connectivity index (χ0n) is 19.4. The number of halogens is 2. The number of aliphatic carboxylic acids is 1. The van der Waals surface area contributed by atoms with E-state index in [0.717, 1.165) is 22.7 Å². The molecule has 3 aromatic rings. The predicted molar refractivity (Wildman–Crippen MR) is 143 cm³/mol. The number of thioether (sulfide) groups is 1. The number of aromatic nitrogens is 1. The first-order valence-corrected chi connectivity index (χ1v) is 12.8. The van der Waals surface area contributed by atoms with Crippen LogP contribution in [-0.2, 0) is 16.2 Å². The van der Waals surface area contributed by atoms with Crippen molar-refractivity contribution in [2.24, 2.45) is 5.92 Å². The summed E-state index contributed by atoms with van der Waals surface area (Å²) in [7, 11) is 0. The van der Waals surface area contributed by atoms with Crippen LogP contribution in [0, 0.1) is 11.7 Å². The maximum atomic E-state index is 13.1. The van der Waals surface area contributed by atoms with Crippen molar-refractivity contribution in [3.05, 3.63) is 75.5 Å². The molecule has 1 aliphatic heterocycles. The van der Waals surface area contributed by atoms with Crippen molar-refractivity contribution in [1.82, 2.24) is 9.88 Å². The minimum absolute atomic E-state index is 0.195. The number of rotatable bonds is 8. The Bertz CT molecular complexity index is 1380. The lowest BCUT2D eigenvalue weighted by atomic mass is 9.98. The summed E-state index contributed by atoms with van der Waals surface area (Å²) in [6.07, 6.45) is 2.16. The number of amides is 1. The molecule has 0 unspecified atom stereocenters. The summed E-state index contributed by atoms with van der Waals surface area (Å²) in [6, 6.07) is 12.1. The largest absolute Gasteiger partial charge is 0.489 e. The summed E-state index contributed by atoms with van der Waals surface area (Å²) in [5.74, 6) is -1.56. The number of hydrogen-bond acceptors (Lipinski definition) is 6. The fourth-order valence-corrected chi connectivity index (χ4v) is 5.30. The lowest BCUT2D eigenvalue weighted by Crippen LogP contribution is -2.47. The van der Waals surface area contributed by atoms with Crippen LogP contribution in [-0.4, -0.2) is 37.2 Å². The lowest BCUT2D eigenvalue weighted by molar-refractivity contribution is -0.147. The first-order valence-electron chi connectivity index (χ1n) is 11.1. The number of fused-ring (bicyclic) bond motifs is 1. The molecule has 186 valence electrons. The number of hydrogen-bond donors (Lipinski definition) is 1. The molecular weight excluding hydrogens is 523 g/mol. The first-order chi connectivity index (χ1) is 17.2. The highest BCUT2D eigenvalue weighted by Gasteiger charge is 2.42. The van der Waals surface area contributed by atoms with E-state index in [9.17, 15) is 19.1 Å². The van der Waals surface area contributed by atoms with Gasteiger partial charge >= 0.3 is 5.97 Å². The number of carbonyl (C=O) groups is 2. The van der Waals surface area contributed by atoms with Crippen LogP contribution in [0.15, 0.2) is 53.4 Å². The van der Waals surface area contributed by atoms with Gasteiger partial charge in [-0.2, -0.15) is 0 Å². The fraction of sp³-hybridized carbons (Fsp3) is 0.231. The highest BCUT2D eigenvalue weighted by Crippen LogP contribution is 2.37. The standard InChI is InChI=1S/C26H22ClFN2O4S2/c1-3-14(2)22(25(32)33)30-24(31)21(36-26(30)35)12-17-10-16-11-19(8-9-20(16)29-23(17)27)34-13-15-4-6-18(28)7-5-15/h4-12,14,22H,3,13H2,1-2H3,(H,32,33)/b21-12-/t14-,22-/m0/s1. The van der Waals surface area contributed by atoms with E-state index in [0.29, 0.717) is 23.3 Å². The molecule has 1 aromatic heterocycles. The number of benzene rings is 2. The quantitative estimate of drug-likeness (QED) is 0.202. The van der Waals surface area contributed by atoms with Crippen LogP contribution < -0.4 is 4.74 Å². The van der Waals surface area contributed by atoms with E-state index in [1.54, 1.807) is 49.4 Å². The summed E-state index contributed by atoms with van der Waals surface area (Å²) in [5.41, 5.74) is 1.96. The third-order valence-electron chi connectivity index (χ3n) is 5.91. The van der Waals surface area contributed by atoms with Crippen molar-refractivity contribution in [3.8, 4) is 5.75 Å². The van der Waals surface area contributed by atoms with Gasteiger partial charge in [0.05, 0.1) is 10.4 Å². The Balaban J connectivity index is 1.60. The van der Waals surface area contributed by atoms with Crippen molar-refractivity contribution >= 4 is 68.8 Å². The smallest absolute Gasteiger partial charge is 0.327 e. The van der Waals surface area contributed by atoms with E-state index in [-0.39, 0.29) is 32.7 Å². The number of carbonyl (C=O) groups excluding carboxylic acids is 1. The van der Waals surface area contributed by atoms with Gasteiger partial charge in [0.1, 0.15) is 33.7 Å². The number of thiocarbonyl (C=S) groups is 1. The van der Waals surface area contributed by atoms with Crippen LogP contribution in [0.25, 0.3) is 17.0 Å². The predicted octanol–water partition coefficient (Wildman–Crippen LogP) is 6.31. The molecule has 1 fully saturated rings. The van der Waals surface area contributed by atoms with E-state index < -0.39 is 17.9 Å². The average Bonchev–Trinajstić information content (AvgIpc) is 3.11. The van der Waals surface area contributed by atoms with E-state index >= 15 is 0 Å². The lowest BCUT2D eigenvalue weighted by Gasteiger charge is -2.27. The second-order valence-electron chi connectivity index (χ2n) is 8.36. The molecule has 1 amide bonds. The van der Waals surface area contributed by atoms with Gasteiger partial charge in [-0.3, -0.25) is 9.69 Å². The van der Waals surface area contributed by atoms with Crippen LogP contribution in [0.5, 0.6) is 5.75 Å². The molecule has 1 aliphatic rings. The van der Waals surface area contributed by atoms with E-state index in [2.05, 4.69) is 4.98 Å². The Labute approximate surface area is 222 Å². The molecule has 10 heteroatoms. The monoisotopic (exact) mass is 544 g/mol. The van der Waals surface area contributed by atoms with Gasteiger partial charge in [-0.15, -0.1) is 0 Å². The van der Waals surface area contributed by atoms with Crippen LogP contribution in [0.2, 0.25) is 5.15 Å². The molecule has 2 aromatic carbocycles. The number of ether oxygens (including phenoxy) is 1. The normalized spacial score (nSPS) is 16.6. The molecule has 0 radical (unpaired) electrons. The number of carboxylic acids is 1. The minimum atomic E-state index is -1.10. The second kappa shape index (κ2) is 10.9. The molecule has 1 N–H and O–H groups in total. The number of carboxylic acid groups (broad SMARTS) is 1. The minimum Gasteiger partial charge on any atom is -0.489 e. The van der Waals surface area contributed by atoms with Crippen molar-refractivity contribution in [1.29, 1.82) is 0 Å². The molecule has 36 heavy (non-hydrogen) atoms. The Kier molecular flexibility index (Phi) is 7.92. The summed E-state index contributed by atoms with van der Waals surface area (Å²) in [4.78, 5) is 30.9. The van der Waals surface area contributed by atoms with Crippen molar-refractivity contribution < 1.29 is 23.8 Å². The van der Waals surface area contributed by atoms with Crippen molar-refractivity contribution in [2.45, 2.75) is 32.9 Å². The van der Waals surface area contributed by atoms with Crippen LogP contribution in [0.1, 0.15) is 31.4 Å². The molecule has 6 nitrogen and oxygen atoms in total. The maximum Gasteiger partial charge on any atom is 0.327 e. The summed E-state index contributed by atoms with van der Waals surface area (Å²) < 4.78 is 19.1. The number of pyridine rings is 1. The van der Waals surface area contributed by atoms with Gasteiger partial charge in [-0.25, -0.2) is 14.2 Å². The highest BCUT2D eigenvalue weighted by molar-refractivity contribution is 8.26.